The first-order valence-electron chi connectivity index (χ1n) is 6.41. The van der Waals surface area contributed by atoms with Crippen molar-refractivity contribution in [1.29, 1.82) is 0 Å². The van der Waals surface area contributed by atoms with Gasteiger partial charge in [-0.25, -0.2) is 4.39 Å². The molecule has 0 amide bonds. The van der Waals surface area contributed by atoms with E-state index in [1.54, 1.807) is 6.07 Å². The molecule has 0 radical (unpaired) electrons. The van der Waals surface area contributed by atoms with Gasteiger partial charge >= 0.3 is 0 Å². The number of hydrogen-bond donors (Lipinski definition) is 1. The Hall–Kier alpha value is -0.450. The highest BCUT2D eigenvalue weighted by molar-refractivity contribution is 9.10. The van der Waals surface area contributed by atoms with Crippen LogP contribution in [-0.4, -0.2) is 18.9 Å². The number of ketones is 1. The summed E-state index contributed by atoms with van der Waals surface area (Å²) >= 11 is 9.03. The molecule has 0 spiro atoms. The number of Topliss-reactive ketones (excluding diaryl/α,β-unsaturated/α-hetero) is 1. The van der Waals surface area contributed by atoms with Gasteiger partial charge in [0.1, 0.15) is 0 Å². The lowest BCUT2D eigenvalue weighted by molar-refractivity contribution is 0.0713. The average molecular weight is 349 g/mol. The third-order valence-electron chi connectivity index (χ3n) is 4.00. The van der Waals surface area contributed by atoms with Gasteiger partial charge in [0.2, 0.25) is 0 Å². The molecular weight excluding hydrogens is 333 g/mol. The van der Waals surface area contributed by atoms with Crippen molar-refractivity contribution < 1.29 is 9.18 Å². The van der Waals surface area contributed by atoms with Gasteiger partial charge in [-0.3, -0.25) is 4.79 Å². The van der Waals surface area contributed by atoms with Crippen molar-refractivity contribution in [3.05, 3.63) is 33.0 Å². The fourth-order valence-electron chi connectivity index (χ4n) is 2.63. The Morgan fingerprint density at radius 2 is 2.11 bits per heavy atom. The van der Waals surface area contributed by atoms with Gasteiger partial charge in [-0.1, -0.05) is 18.5 Å². The van der Waals surface area contributed by atoms with E-state index in [2.05, 4.69) is 21.2 Å². The molecule has 0 atom stereocenters. The third kappa shape index (κ3) is 2.71. The number of carbonyl (C=O) groups excluding carboxylic acids is 1. The highest BCUT2D eigenvalue weighted by atomic mass is 79.9. The van der Waals surface area contributed by atoms with Gasteiger partial charge in [-0.2, -0.15) is 0 Å². The molecule has 104 valence electrons. The number of rotatable bonds is 3. The Morgan fingerprint density at radius 1 is 1.47 bits per heavy atom. The summed E-state index contributed by atoms with van der Waals surface area (Å²) in [6.45, 7) is 3.58. The maximum absolute atomic E-state index is 14.2. The molecule has 0 saturated carbocycles. The average Bonchev–Trinajstić information content (AvgIpc) is 2.45. The minimum absolute atomic E-state index is 0.0222. The second-order valence-corrected chi connectivity index (χ2v) is 6.17. The molecule has 0 bridgehead atoms. The molecule has 5 heteroatoms. The SMILES string of the molecule is CCC1(C(=O)c2ccc(Br)c(Cl)c2F)CCNCC1. The fraction of sp³-hybridized carbons (Fsp3) is 0.500. The van der Waals surface area contributed by atoms with Gasteiger partial charge in [0, 0.05) is 9.89 Å². The Morgan fingerprint density at radius 3 is 2.68 bits per heavy atom. The van der Waals surface area contributed by atoms with Crippen LogP contribution in [0.3, 0.4) is 0 Å². The largest absolute Gasteiger partial charge is 0.317 e. The quantitative estimate of drug-likeness (QED) is 0.655. The lowest BCUT2D eigenvalue weighted by atomic mass is 9.71. The molecule has 1 aliphatic rings. The Balaban J connectivity index is 2.40. The van der Waals surface area contributed by atoms with Gasteiger partial charge < -0.3 is 5.32 Å². The first kappa shape index (κ1) is 14.9. The van der Waals surface area contributed by atoms with Crippen LogP contribution in [0.25, 0.3) is 0 Å². The Labute approximate surface area is 125 Å². The minimum Gasteiger partial charge on any atom is -0.317 e. The number of carbonyl (C=O) groups is 1. The molecule has 2 rings (SSSR count). The van der Waals surface area contributed by atoms with Gasteiger partial charge in [0.05, 0.1) is 10.6 Å². The van der Waals surface area contributed by atoms with Crippen molar-refractivity contribution >= 4 is 33.3 Å². The molecular formula is C14H16BrClFNO. The maximum Gasteiger partial charge on any atom is 0.172 e. The summed E-state index contributed by atoms with van der Waals surface area (Å²) in [5, 5.41) is 3.21. The molecule has 1 saturated heterocycles. The van der Waals surface area contributed by atoms with Crippen LogP contribution in [0.15, 0.2) is 16.6 Å². The van der Waals surface area contributed by atoms with Crippen LogP contribution in [0.2, 0.25) is 5.02 Å². The first-order chi connectivity index (χ1) is 9.02. The van der Waals surface area contributed by atoms with Crippen molar-refractivity contribution in [2.75, 3.05) is 13.1 Å². The molecule has 1 heterocycles. The van der Waals surface area contributed by atoms with Gasteiger partial charge in [0.15, 0.2) is 11.6 Å². The van der Waals surface area contributed by atoms with E-state index in [1.165, 1.54) is 6.07 Å². The smallest absolute Gasteiger partial charge is 0.172 e. The van der Waals surface area contributed by atoms with Crippen molar-refractivity contribution in [3.63, 3.8) is 0 Å². The van der Waals surface area contributed by atoms with Crippen LogP contribution < -0.4 is 5.32 Å². The molecule has 0 aromatic heterocycles. The van der Waals surface area contributed by atoms with Crippen LogP contribution in [0, 0.1) is 11.2 Å². The molecule has 0 unspecified atom stereocenters. The molecule has 1 fully saturated rings. The van der Waals surface area contributed by atoms with Crippen LogP contribution in [0.1, 0.15) is 36.5 Å². The second-order valence-electron chi connectivity index (χ2n) is 4.94. The van der Waals surface area contributed by atoms with E-state index >= 15 is 0 Å². The normalized spacial score (nSPS) is 18.3. The van der Waals surface area contributed by atoms with E-state index in [9.17, 15) is 9.18 Å². The predicted octanol–water partition coefficient (Wildman–Crippen LogP) is 4.20. The molecule has 0 aliphatic carbocycles. The van der Waals surface area contributed by atoms with E-state index in [4.69, 9.17) is 11.6 Å². The van der Waals surface area contributed by atoms with E-state index in [1.807, 2.05) is 6.92 Å². The van der Waals surface area contributed by atoms with Crippen LogP contribution >= 0.6 is 27.5 Å². The Kier molecular flexibility index (Phi) is 4.64. The van der Waals surface area contributed by atoms with Crippen molar-refractivity contribution in [3.8, 4) is 0 Å². The lowest BCUT2D eigenvalue weighted by Gasteiger charge is -2.35. The van der Waals surface area contributed by atoms with Crippen molar-refractivity contribution in [1.82, 2.24) is 5.32 Å². The highest BCUT2D eigenvalue weighted by Crippen LogP contribution is 2.38. The zero-order valence-corrected chi connectivity index (χ0v) is 13.1. The van der Waals surface area contributed by atoms with Gasteiger partial charge in [-0.05, 0) is 60.4 Å². The number of piperidine rings is 1. The number of benzene rings is 1. The monoisotopic (exact) mass is 347 g/mol. The van der Waals surface area contributed by atoms with Crippen LogP contribution in [0.4, 0.5) is 4.39 Å². The van der Waals surface area contributed by atoms with E-state index < -0.39 is 11.2 Å². The van der Waals surface area contributed by atoms with Gasteiger partial charge in [0.25, 0.3) is 0 Å². The summed E-state index contributed by atoms with van der Waals surface area (Å²) in [7, 11) is 0. The molecule has 19 heavy (non-hydrogen) atoms. The number of halogens is 3. The van der Waals surface area contributed by atoms with Crippen molar-refractivity contribution in [2.24, 2.45) is 5.41 Å². The summed E-state index contributed by atoms with van der Waals surface area (Å²) in [6.07, 6.45) is 2.21. The van der Waals surface area contributed by atoms with Crippen LogP contribution in [0.5, 0.6) is 0 Å². The summed E-state index contributed by atoms with van der Waals surface area (Å²) in [6, 6.07) is 3.15. The third-order valence-corrected chi connectivity index (χ3v) is 5.26. The topological polar surface area (TPSA) is 29.1 Å². The number of hydrogen-bond acceptors (Lipinski definition) is 2. The standard InChI is InChI=1S/C14H16BrClFNO/c1-2-14(5-7-18-8-6-14)13(19)9-3-4-10(15)11(16)12(9)17/h3-4,18H,2,5-8H2,1H3. The Bertz CT molecular complexity index is 500. The summed E-state index contributed by atoms with van der Waals surface area (Å²) in [5.41, 5.74) is -0.347. The molecule has 1 aliphatic heterocycles. The zero-order chi connectivity index (χ0) is 14.0. The van der Waals surface area contributed by atoms with Gasteiger partial charge in [-0.15, -0.1) is 0 Å². The number of nitrogens with one attached hydrogen (secondary N) is 1. The second kappa shape index (κ2) is 5.90. The lowest BCUT2D eigenvalue weighted by Crippen LogP contribution is -2.42. The van der Waals surface area contributed by atoms with E-state index in [0.29, 0.717) is 4.47 Å². The molecule has 1 aromatic rings. The molecule has 2 nitrogen and oxygen atoms in total. The van der Waals surface area contributed by atoms with Crippen LogP contribution in [-0.2, 0) is 0 Å². The molecule has 1 N–H and O–H groups in total. The van der Waals surface area contributed by atoms with E-state index in [-0.39, 0.29) is 16.4 Å². The fourth-order valence-corrected chi connectivity index (χ4v) is 3.10. The summed E-state index contributed by atoms with van der Waals surface area (Å²) < 4.78 is 14.6. The van der Waals surface area contributed by atoms with Crippen molar-refractivity contribution in [2.45, 2.75) is 26.2 Å². The molecule has 1 aromatic carbocycles. The summed E-state index contributed by atoms with van der Waals surface area (Å²) in [4.78, 5) is 12.7. The minimum atomic E-state index is -0.618. The predicted molar refractivity (Wildman–Crippen MR) is 78.3 cm³/mol. The maximum atomic E-state index is 14.2. The first-order valence-corrected chi connectivity index (χ1v) is 7.58. The van der Waals surface area contributed by atoms with E-state index in [0.717, 1.165) is 32.4 Å². The highest BCUT2D eigenvalue weighted by Gasteiger charge is 2.39. The zero-order valence-electron chi connectivity index (χ0n) is 10.7. The summed E-state index contributed by atoms with van der Waals surface area (Å²) in [5.74, 6) is -0.740.